The maximum absolute atomic E-state index is 12.3. The molecule has 1 aliphatic heterocycles. The van der Waals surface area contributed by atoms with E-state index < -0.39 is 16.3 Å². The van der Waals surface area contributed by atoms with Gasteiger partial charge in [0.2, 0.25) is 0 Å². The van der Waals surface area contributed by atoms with E-state index in [1.54, 1.807) is 12.1 Å². The van der Waals surface area contributed by atoms with Crippen molar-refractivity contribution in [2.75, 3.05) is 25.0 Å². The molecule has 2 atom stereocenters. The van der Waals surface area contributed by atoms with E-state index in [0.29, 0.717) is 24.5 Å². The van der Waals surface area contributed by atoms with Gasteiger partial charge < -0.3 is 25.6 Å². The first-order valence-electron chi connectivity index (χ1n) is 14.6. The molecule has 0 amide bonds. The number of nitrogens with one attached hydrogen (secondary N) is 3. The molecule has 11 heteroatoms. The van der Waals surface area contributed by atoms with Gasteiger partial charge in [0, 0.05) is 23.7 Å². The summed E-state index contributed by atoms with van der Waals surface area (Å²) in [4.78, 5) is 4.74. The van der Waals surface area contributed by atoms with Crippen molar-refractivity contribution in [1.82, 2.24) is 10.0 Å². The van der Waals surface area contributed by atoms with Crippen LogP contribution in [0.3, 0.4) is 0 Å². The summed E-state index contributed by atoms with van der Waals surface area (Å²) in [7, 11) is -3.86. The molecule has 1 aliphatic carbocycles. The fraction of sp³-hybridized carbons (Fsp3) is 0.375. The highest BCUT2D eigenvalue weighted by Crippen LogP contribution is 2.41. The van der Waals surface area contributed by atoms with Crippen molar-refractivity contribution in [3.8, 4) is 11.5 Å². The Morgan fingerprint density at radius 2 is 1.72 bits per heavy atom. The third-order valence-corrected chi connectivity index (χ3v) is 8.76. The van der Waals surface area contributed by atoms with Gasteiger partial charge in [-0.25, -0.2) is 4.72 Å². The molecule has 0 aromatic heterocycles. The molecule has 228 valence electrons. The van der Waals surface area contributed by atoms with Gasteiger partial charge in [0.1, 0.15) is 24.2 Å². The maximum Gasteiger partial charge on any atom is 0.345 e. The number of aliphatic hydroxyl groups excluding tert-OH is 1. The lowest BCUT2D eigenvalue weighted by Crippen LogP contribution is -2.37. The van der Waals surface area contributed by atoms with E-state index in [0.717, 1.165) is 37.7 Å². The van der Waals surface area contributed by atoms with Gasteiger partial charge in [-0.05, 0) is 73.7 Å². The molecule has 0 spiro atoms. The number of amidine groups is 2. The zero-order chi connectivity index (χ0) is 30.3. The number of phenols is 1. The van der Waals surface area contributed by atoms with E-state index in [1.165, 1.54) is 17.7 Å². The normalized spacial score (nSPS) is 19.4. The summed E-state index contributed by atoms with van der Waals surface area (Å²) in [6, 6.07) is 24.5. The van der Waals surface area contributed by atoms with Crippen molar-refractivity contribution < 1.29 is 23.4 Å². The number of rotatable bonds is 12. The summed E-state index contributed by atoms with van der Waals surface area (Å²) in [5.41, 5.74) is 2.92. The molecule has 1 saturated carbocycles. The van der Waals surface area contributed by atoms with Crippen LogP contribution >= 0.6 is 0 Å². The van der Waals surface area contributed by atoms with Crippen LogP contribution in [-0.4, -0.2) is 62.1 Å². The number of hydrogen-bond acceptors (Lipinski definition) is 8. The molecule has 0 bridgehead atoms. The minimum Gasteiger partial charge on any atom is -0.508 e. The van der Waals surface area contributed by atoms with E-state index in [1.807, 2.05) is 49.4 Å². The van der Waals surface area contributed by atoms with Crippen LogP contribution in [0.1, 0.15) is 43.7 Å². The Bertz CT molecular complexity index is 1520. The van der Waals surface area contributed by atoms with E-state index in [9.17, 15) is 18.6 Å². The van der Waals surface area contributed by atoms with Crippen LogP contribution < -0.4 is 20.1 Å². The molecule has 3 aromatic carbocycles. The molecule has 0 radical (unpaired) electrons. The molecule has 1 heterocycles. The van der Waals surface area contributed by atoms with E-state index >= 15 is 0 Å². The Kier molecular flexibility index (Phi) is 9.64. The molecule has 10 nitrogen and oxygen atoms in total. The van der Waals surface area contributed by atoms with Crippen molar-refractivity contribution in [3.05, 3.63) is 90.0 Å². The van der Waals surface area contributed by atoms with Gasteiger partial charge >= 0.3 is 10.2 Å². The highest BCUT2D eigenvalue weighted by atomic mass is 32.2. The van der Waals surface area contributed by atoms with Gasteiger partial charge in [-0.1, -0.05) is 55.3 Å². The zero-order valence-electron chi connectivity index (χ0n) is 24.2. The topological polar surface area (TPSA) is 145 Å². The highest BCUT2D eigenvalue weighted by molar-refractivity contribution is 7.89. The number of aliphatic imine (C=N–C) groups is 1. The van der Waals surface area contributed by atoms with Crippen molar-refractivity contribution in [2.24, 2.45) is 9.39 Å². The lowest BCUT2D eigenvalue weighted by molar-refractivity contribution is 0.104. The van der Waals surface area contributed by atoms with Crippen molar-refractivity contribution >= 4 is 27.6 Å². The third-order valence-electron chi connectivity index (χ3n) is 7.89. The molecule has 0 saturated heterocycles. The van der Waals surface area contributed by atoms with Gasteiger partial charge in [-0.15, -0.1) is 4.40 Å². The lowest BCUT2D eigenvalue weighted by atomic mass is 9.79. The van der Waals surface area contributed by atoms with E-state index in [2.05, 4.69) is 31.9 Å². The first-order chi connectivity index (χ1) is 20.7. The largest absolute Gasteiger partial charge is 0.508 e. The molecule has 5 N–H and O–H groups in total. The quantitative estimate of drug-likeness (QED) is 0.210. The zero-order valence-corrected chi connectivity index (χ0v) is 25.1. The highest BCUT2D eigenvalue weighted by Gasteiger charge is 2.36. The van der Waals surface area contributed by atoms with Crippen LogP contribution in [0.2, 0.25) is 0 Å². The number of anilines is 1. The second-order valence-corrected chi connectivity index (χ2v) is 12.7. The Morgan fingerprint density at radius 1 is 1.02 bits per heavy atom. The summed E-state index contributed by atoms with van der Waals surface area (Å²) in [5.74, 6) is 1.16. The van der Waals surface area contributed by atoms with Crippen LogP contribution in [0.15, 0.2) is 88.3 Å². The minimum atomic E-state index is -3.86. The predicted octanol–water partition coefficient (Wildman–Crippen LogP) is 3.92. The molecule has 1 unspecified atom stereocenters. The first-order valence-corrected chi connectivity index (χ1v) is 16.1. The number of aliphatic hydroxyl groups is 1. The summed E-state index contributed by atoms with van der Waals surface area (Å²) < 4.78 is 36.6. The second kappa shape index (κ2) is 13.6. The van der Waals surface area contributed by atoms with Crippen molar-refractivity contribution in [3.63, 3.8) is 0 Å². The number of phenolic OH excluding ortho intramolecular Hbond substituents is 1. The number of nitrogens with zero attached hydrogens (tertiary/aromatic N) is 2. The Hall–Kier alpha value is -3.93. The monoisotopic (exact) mass is 605 g/mol. The molecular formula is C32H39N5O5S. The Morgan fingerprint density at radius 3 is 2.42 bits per heavy atom. The first kappa shape index (κ1) is 30.5. The van der Waals surface area contributed by atoms with Crippen LogP contribution in [0.25, 0.3) is 0 Å². The maximum atomic E-state index is 12.3. The number of ether oxygens (including phenoxy) is 1. The summed E-state index contributed by atoms with van der Waals surface area (Å²) in [6.45, 7) is 3.03. The predicted molar refractivity (Wildman–Crippen MR) is 169 cm³/mol. The van der Waals surface area contributed by atoms with Gasteiger partial charge in [0.05, 0.1) is 6.54 Å². The van der Waals surface area contributed by atoms with Crippen molar-refractivity contribution in [2.45, 2.75) is 56.6 Å². The van der Waals surface area contributed by atoms with Gasteiger partial charge in [0.25, 0.3) is 0 Å². The van der Waals surface area contributed by atoms with Crippen molar-refractivity contribution in [1.29, 1.82) is 0 Å². The SMILES string of the molecule is CC(Cc1ccc(NC2=NS(=O)(=O)NC2=NCC2(c3ccccc3)CCCC2)cc1)NC[C@H](O)COc1ccc(O)cc1. The average Bonchev–Trinajstić information content (AvgIpc) is 3.60. The fourth-order valence-electron chi connectivity index (χ4n) is 5.58. The average molecular weight is 606 g/mol. The number of hydrogen-bond donors (Lipinski definition) is 5. The van der Waals surface area contributed by atoms with Gasteiger partial charge in [-0.3, -0.25) is 4.99 Å². The standard InChI is InChI=1S/C32H39N5O5S/c1-23(33-20-28(39)21-42-29-15-13-27(38)14-16-29)19-24-9-11-26(12-10-24)35-31-30(36-43(40,41)37-31)34-22-32(17-5-6-18-32)25-7-3-2-4-8-25/h2-4,7-16,23,28,33,38-39H,5-6,17-22H2,1H3,(H,34,36)(H,35,37)/t23?,28-/m0/s1. The number of benzene rings is 3. The molecule has 3 aromatic rings. The van der Waals surface area contributed by atoms with Crippen LogP contribution in [0, 0.1) is 0 Å². The van der Waals surface area contributed by atoms with Gasteiger partial charge in [0.15, 0.2) is 11.7 Å². The number of aromatic hydroxyl groups is 1. The molecule has 2 aliphatic rings. The van der Waals surface area contributed by atoms with E-state index in [4.69, 9.17) is 9.73 Å². The van der Waals surface area contributed by atoms with Crippen LogP contribution in [0.5, 0.6) is 11.5 Å². The summed E-state index contributed by atoms with van der Waals surface area (Å²) in [6.07, 6.45) is 4.33. The fourth-order valence-corrected chi connectivity index (χ4v) is 6.40. The van der Waals surface area contributed by atoms with Crippen LogP contribution in [0.4, 0.5) is 5.69 Å². The van der Waals surface area contributed by atoms with Crippen LogP contribution in [-0.2, 0) is 22.0 Å². The second-order valence-electron chi connectivity index (χ2n) is 11.3. The molecule has 43 heavy (non-hydrogen) atoms. The third kappa shape index (κ3) is 8.34. The summed E-state index contributed by atoms with van der Waals surface area (Å²) in [5, 5.41) is 26.1. The van der Waals surface area contributed by atoms with Gasteiger partial charge in [-0.2, -0.15) is 8.42 Å². The molecule has 1 fully saturated rings. The lowest BCUT2D eigenvalue weighted by Gasteiger charge is -2.28. The molecule has 5 rings (SSSR count). The van der Waals surface area contributed by atoms with E-state index in [-0.39, 0.29) is 35.5 Å². The molecular weight excluding hydrogens is 566 g/mol. The smallest absolute Gasteiger partial charge is 0.345 e. The summed E-state index contributed by atoms with van der Waals surface area (Å²) >= 11 is 0. The Labute approximate surface area is 253 Å². The minimum absolute atomic E-state index is 0.0990. The Balaban J connectivity index is 1.14.